The van der Waals surface area contributed by atoms with E-state index in [0.29, 0.717) is 18.2 Å². The third kappa shape index (κ3) is 3.57. The molecule has 1 saturated heterocycles. The summed E-state index contributed by atoms with van der Waals surface area (Å²) in [5.74, 6) is 0.761. The molecule has 1 aromatic carbocycles. The quantitative estimate of drug-likeness (QED) is 0.829. The average molecular weight is 349 g/mol. The van der Waals surface area contributed by atoms with E-state index in [4.69, 9.17) is 4.74 Å². The van der Waals surface area contributed by atoms with Gasteiger partial charge in [0.25, 0.3) is 5.91 Å². The number of nitrogens with zero attached hydrogens (tertiary/aromatic N) is 1. The van der Waals surface area contributed by atoms with Gasteiger partial charge >= 0.3 is 0 Å². The zero-order valence-corrected chi connectivity index (χ0v) is 16.0. The van der Waals surface area contributed by atoms with E-state index in [9.17, 15) is 4.79 Å². The fourth-order valence-corrected chi connectivity index (χ4v) is 4.31. The van der Waals surface area contributed by atoms with Crippen molar-refractivity contribution >= 4 is 17.7 Å². The van der Waals surface area contributed by atoms with E-state index in [0.717, 1.165) is 35.7 Å². The fourth-order valence-electron chi connectivity index (χ4n) is 3.82. The van der Waals surface area contributed by atoms with Crippen LogP contribution in [-0.4, -0.2) is 48.3 Å². The normalized spacial score (nSPS) is 22.2. The number of ether oxygens (including phenoxy) is 1. The van der Waals surface area contributed by atoms with E-state index in [-0.39, 0.29) is 11.5 Å². The van der Waals surface area contributed by atoms with Crippen LogP contribution >= 0.6 is 11.8 Å². The van der Waals surface area contributed by atoms with Crippen LogP contribution in [0.3, 0.4) is 0 Å². The van der Waals surface area contributed by atoms with Crippen LogP contribution in [0.25, 0.3) is 0 Å². The maximum atomic E-state index is 12.8. The molecule has 0 radical (unpaired) electrons. The van der Waals surface area contributed by atoms with Crippen LogP contribution in [0.1, 0.15) is 49.5 Å². The molecule has 0 saturated carbocycles. The predicted molar refractivity (Wildman–Crippen MR) is 99.2 cm³/mol. The Labute approximate surface area is 149 Å². The first-order chi connectivity index (χ1) is 11.4. The standard InChI is InChI=1S/C19H28N2O2S/c1-5-21-8-6-7-14(21)12-20-18(22)16-10-15(24-4)9-13-11-19(2,3)23-17(13)16/h9-10,14H,5-8,11-12H2,1-4H3,(H,20,22)/t14-/m1/s1. The first-order valence-corrected chi connectivity index (χ1v) is 10.1. The van der Waals surface area contributed by atoms with Crippen molar-refractivity contribution in [2.75, 3.05) is 25.9 Å². The highest BCUT2D eigenvalue weighted by atomic mass is 32.2. The maximum absolute atomic E-state index is 12.8. The highest BCUT2D eigenvalue weighted by Crippen LogP contribution is 2.40. The van der Waals surface area contributed by atoms with Crippen molar-refractivity contribution < 1.29 is 9.53 Å². The summed E-state index contributed by atoms with van der Waals surface area (Å²) in [5.41, 5.74) is 1.59. The number of carbonyl (C=O) groups is 1. The molecule has 1 fully saturated rings. The molecule has 1 N–H and O–H groups in total. The van der Waals surface area contributed by atoms with Crippen LogP contribution in [0.15, 0.2) is 17.0 Å². The first-order valence-electron chi connectivity index (χ1n) is 8.85. The number of carbonyl (C=O) groups excluding carboxylic acids is 1. The number of nitrogens with one attached hydrogen (secondary N) is 1. The molecule has 3 rings (SSSR count). The fraction of sp³-hybridized carbons (Fsp3) is 0.632. The average Bonchev–Trinajstić information content (AvgIpc) is 3.12. The molecule has 1 aromatic rings. The Morgan fingerprint density at radius 2 is 2.25 bits per heavy atom. The maximum Gasteiger partial charge on any atom is 0.255 e. The molecule has 0 bridgehead atoms. The Balaban J connectivity index is 1.76. The Morgan fingerprint density at radius 1 is 1.46 bits per heavy atom. The summed E-state index contributed by atoms with van der Waals surface area (Å²) >= 11 is 1.67. The van der Waals surface area contributed by atoms with Crippen molar-refractivity contribution in [3.05, 3.63) is 23.3 Å². The first kappa shape index (κ1) is 17.6. The third-order valence-electron chi connectivity index (χ3n) is 5.02. The van der Waals surface area contributed by atoms with E-state index >= 15 is 0 Å². The molecule has 2 aliphatic rings. The van der Waals surface area contributed by atoms with Gasteiger partial charge in [0.15, 0.2) is 0 Å². The minimum absolute atomic E-state index is 0.0113. The monoisotopic (exact) mass is 348 g/mol. The Hall–Kier alpha value is -1.20. The van der Waals surface area contributed by atoms with Crippen molar-refractivity contribution in [1.29, 1.82) is 0 Å². The number of rotatable bonds is 5. The Morgan fingerprint density at radius 3 is 2.96 bits per heavy atom. The zero-order valence-electron chi connectivity index (χ0n) is 15.1. The predicted octanol–water partition coefficient (Wildman–Crippen LogP) is 3.34. The summed E-state index contributed by atoms with van der Waals surface area (Å²) in [4.78, 5) is 16.4. The van der Waals surface area contributed by atoms with Crippen molar-refractivity contribution in [3.8, 4) is 5.75 Å². The van der Waals surface area contributed by atoms with Crippen LogP contribution in [0.5, 0.6) is 5.75 Å². The molecular formula is C19H28N2O2S. The Kier molecular flexibility index (Phi) is 5.11. The lowest BCUT2D eigenvalue weighted by Gasteiger charge is -2.23. The number of hydrogen-bond acceptors (Lipinski definition) is 4. The molecule has 132 valence electrons. The Bertz CT molecular complexity index is 630. The van der Waals surface area contributed by atoms with Gasteiger partial charge in [0.2, 0.25) is 0 Å². The molecule has 2 heterocycles. The molecule has 1 amide bonds. The minimum Gasteiger partial charge on any atom is -0.486 e. The molecule has 4 nitrogen and oxygen atoms in total. The van der Waals surface area contributed by atoms with Gasteiger partial charge in [-0.1, -0.05) is 6.92 Å². The number of amides is 1. The van der Waals surface area contributed by atoms with Gasteiger partial charge in [-0.05, 0) is 58.2 Å². The second-order valence-electron chi connectivity index (χ2n) is 7.34. The second kappa shape index (κ2) is 6.96. The molecule has 0 aromatic heterocycles. The van der Waals surface area contributed by atoms with Gasteiger partial charge in [-0.2, -0.15) is 0 Å². The van der Waals surface area contributed by atoms with Crippen molar-refractivity contribution in [3.63, 3.8) is 0 Å². The van der Waals surface area contributed by atoms with Crippen LogP contribution < -0.4 is 10.1 Å². The molecule has 0 spiro atoms. The SMILES string of the molecule is CCN1CCC[C@@H]1CNC(=O)c1cc(SC)cc2c1OC(C)(C)C2. The summed E-state index contributed by atoms with van der Waals surface area (Å²) in [6.07, 6.45) is 5.29. The van der Waals surface area contributed by atoms with Crippen molar-refractivity contribution in [2.24, 2.45) is 0 Å². The number of benzene rings is 1. The van der Waals surface area contributed by atoms with Gasteiger partial charge in [0.1, 0.15) is 11.4 Å². The lowest BCUT2D eigenvalue weighted by Crippen LogP contribution is -2.40. The number of likely N-dealkylation sites (N-methyl/N-ethyl adjacent to an activating group) is 1. The van der Waals surface area contributed by atoms with Crippen molar-refractivity contribution in [2.45, 2.75) is 56.6 Å². The van der Waals surface area contributed by atoms with E-state index in [2.05, 4.69) is 37.1 Å². The lowest BCUT2D eigenvalue weighted by molar-refractivity contribution is 0.0927. The van der Waals surface area contributed by atoms with Gasteiger partial charge in [-0.15, -0.1) is 11.8 Å². The molecule has 0 aliphatic carbocycles. The summed E-state index contributed by atoms with van der Waals surface area (Å²) in [6.45, 7) is 9.25. The molecule has 1 atom stereocenters. The van der Waals surface area contributed by atoms with Gasteiger partial charge in [0.05, 0.1) is 5.56 Å². The van der Waals surface area contributed by atoms with E-state index in [1.54, 1.807) is 11.8 Å². The topological polar surface area (TPSA) is 41.6 Å². The van der Waals surface area contributed by atoms with E-state index in [1.807, 2.05) is 12.3 Å². The number of fused-ring (bicyclic) bond motifs is 1. The number of hydrogen-bond donors (Lipinski definition) is 1. The summed E-state index contributed by atoms with van der Waals surface area (Å²) in [7, 11) is 0. The van der Waals surface area contributed by atoms with Crippen LogP contribution in [0, 0.1) is 0 Å². The molecule has 5 heteroatoms. The highest BCUT2D eigenvalue weighted by Gasteiger charge is 2.34. The van der Waals surface area contributed by atoms with Gasteiger partial charge in [-0.25, -0.2) is 0 Å². The van der Waals surface area contributed by atoms with E-state index < -0.39 is 0 Å². The van der Waals surface area contributed by atoms with Gasteiger partial charge in [-0.3, -0.25) is 9.69 Å². The molecular weight excluding hydrogens is 320 g/mol. The molecule has 24 heavy (non-hydrogen) atoms. The lowest BCUT2D eigenvalue weighted by atomic mass is 10.0. The van der Waals surface area contributed by atoms with E-state index in [1.165, 1.54) is 12.8 Å². The highest BCUT2D eigenvalue weighted by molar-refractivity contribution is 7.98. The second-order valence-corrected chi connectivity index (χ2v) is 8.22. The largest absolute Gasteiger partial charge is 0.486 e. The molecule has 0 unspecified atom stereocenters. The zero-order chi connectivity index (χ0) is 17.3. The van der Waals surface area contributed by atoms with Gasteiger partial charge < -0.3 is 10.1 Å². The summed E-state index contributed by atoms with van der Waals surface area (Å²) < 4.78 is 6.08. The number of likely N-dealkylation sites (tertiary alicyclic amines) is 1. The van der Waals surface area contributed by atoms with Crippen molar-refractivity contribution in [1.82, 2.24) is 10.2 Å². The molecule has 2 aliphatic heterocycles. The summed E-state index contributed by atoms with van der Waals surface area (Å²) in [6, 6.07) is 4.58. The summed E-state index contributed by atoms with van der Waals surface area (Å²) in [5, 5.41) is 3.14. The number of thioether (sulfide) groups is 1. The van der Waals surface area contributed by atoms with Crippen LogP contribution in [-0.2, 0) is 6.42 Å². The van der Waals surface area contributed by atoms with Crippen LogP contribution in [0.2, 0.25) is 0 Å². The van der Waals surface area contributed by atoms with Crippen LogP contribution in [0.4, 0.5) is 0 Å². The minimum atomic E-state index is -0.237. The smallest absolute Gasteiger partial charge is 0.255 e. The van der Waals surface area contributed by atoms with Gasteiger partial charge in [0, 0.05) is 29.5 Å². The third-order valence-corrected chi connectivity index (χ3v) is 5.72.